The van der Waals surface area contributed by atoms with Crippen LogP contribution in [0.15, 0.2) is 69.5 Å². The second-order valence-corrected chi connectivity index (χ2v) is 20.9. The molecule has 148 valence electrons. The van der Waals surface area contributed by atoms with E-state index < -0.39 is 20.3 Å². The molecule has 0 saturated carbocycles. The topological polar surface area (TPSA) is 0 Å². The summed E-state index contributed by atoms with van der Waals surface area (Å²) >= 11 is -2.63. The fourth-order valence-electron chi connectivity index (χ4n) is 5.05. The minimum Gasteiger partial charge on any atom is -1.00 e. The predicted molar refractivity (Wildman–Crippen MR) is 110 cm³/mol. The summed E-state index contributed by atoms with van der Waals surface area (Å²) in [6.45, 7) is 9.44. The van der Waals surface area contributed by atoms with Gasteiger partial charge < -0.3 is 24.8 Å². The Morgan fingerprint density at radius 2 is 1.25 bits per heavy atom. The van der Waals surface area contributed by atoms with Crippen LogP contribution in [0.1, 0.15) is 42.4 Å². The molecule has 0 amide bonds. The Balaban J connectivity index is 0.00000140. The minimum absolute atomic E-state index is 0. The van der Waals surface area contributed by atoms with Crippen LogP contribution in [0.5, 0.6) is 0 Å². The number of halogens is 2. The molecule has 0 fully saturated rings. The molecule has 4 rings (SSSR count). The minimum atomic E-state index is -2.63. The van der Waals surface area contributed by atoms with E-state index in [0.717, 1.165) is 0 Å². The van der Waals surface area contributed by atoms with E-state index in [2.05, 4.69) is 97.6 Å². The Hall–Kier alpha value is -0.617. The average Bonchev–Trinajstić information content (AvgIpc) is 3.13. The van der Waals surface area contributed by atoms with Gasteiger partial charge in [-0.1, -0.05) is 0 Å². The van der Waals surface area contributed by atoms with Crippen molar-refractivity contribution in [1.82, 2.24) is 0 Å². The van der Waals surface area contributed by atoms with E-state index in [1.807, 2.05) is 0 Å². The summed E-state index contributed by atoms with van der Waals surface area (Å²) in [7, 11) is 0. The molecule has 0 nitrogen and oxygen atoms in total. The SMILES string of the molecule is CC1C=C(C(C)(C)C)C=[C]1[Zr+2]([CH3])([CH3])[CH]1c2ccccc2-c2ccccc21.[Cl-].[Cl-]. The summed E-state index contributed by atoms with van der Waals surface area (Å²) in [5.74, 6) is 0.593. The molecule has 0 saturated heterocycles. The van der Waals surface area contributed by atoms with Crippen molar-refractivity contribution >= 4 is 0 Å². The van der Waals surface area contributed by atoms with Crippen LogP contribution in [0.3, 0.4) is 0 Å². The van der Waals surface area contributed by atoms with Gasteiger partial charge >= 0.3 is 164 Å². The van der Waals surface area contributed by atoms with Gasteiger partial charge in [0.05, 0.1) is 0 Å². The average molecular weight is 493 g/mol. The van der Waals surface area contributed by atoms with E-state index >= 15 is 0 Å². The number of hydrogen-bond donors (Lipinski definition) is 0. The van der Waals surface area contributed by atoms with Gasteiger partial charge in [0.2, 0.25) is 0 Å². The molecule has 28 heavy (non-hydrogen) atoms. The summed E-state index contributed by atoms with van der Waals surface area (Å²) in [6.07, 6.45) is 5.12. The summed E-state index contributed by atoms with van der Waals surface area (Å²) in [4.78, 5) is 0. The van der Waals surface area contributed by atoms with E-state index in [0.29, 0.717) is 9.54 Å². The van der Waals surface area contributed by atoms with E-state index in [1.165, 1.54) is 16.7 Å². The van der Waals surface area contributed by atoms with Gasteiger partial charge in [0.25, 0.3) is 0 Å². The van der Waals surface area contributed by atoms with Crippen LogP contribution in [0.25, 0.3) is 11.1 Å². The molecule has 2 aromatic rings. The van der Waals surface area contributed by atoms with Gasteiger partial charge in [0, 0.05) is 0 Å². The van der Waals surface area contributed by atoms with Crippen LogP contribution in [0, 0.1) is 11.3 Å². The van der Waals surface area contributed by atoms with Crippen LogP contribution in [0.4, 0.5) is 0 Å². The fourth-order valence-corrected chi connectivity index (χ4v) is 15.3. The Labute approximate surface area is 187 Å². The number of hydrogen-bond acceptors (Lipinski definition) is 0. The smallest absolute Gasteiger partial charge is 1.00 e. The van der Waals surface area contributed by atoms with Crippen molar-refractivity contribution in [3.8, 4) is 11.1 Å². The third-order valence-electron chi connectivity index (χ3n) is 6.40. The van der Waals surface area contributed by atoms with Gasteiger partial charge in [-0.2, -0.15) is 0 Å². The first kappa shape index (κ1) is 23.7. The first-order chi connectivity index (χ1) is 12.2. The van der Waals surface area contributed by atoms with Gasteiger partial charge in [-0.25, -0.2) is 0 Å². The Morgan fingerprint density at radius 1 is 0.786 bits per heavy atom. The third kappa shape index (κ3) is 3.76. The molecule has 0 aliphatic heterocycles. The summed E-state index contributed by atoms with van der Waals surface area (Å²) in [6, 6.07) is 18.3. The summed E-state index contributed by atoms with van der Waals surface area (Å²) in [5, 5.41) is 0. The molecule has 1 unspecified atom stereocenters. The van der Waals surface area contributed by atoms with Gasteiger partial charge in [0.15, 0.2) is 0 Å². The predicted octanol–water partition coefficient (Wildman–Crippen LogP) is 1.52. The van der Waals surface area contributed by atoms with Crippen LogP contribution >= 0.6 is 0 Å². The third-order valence-corrected chi connectivity index (χ3v) is 16.6. The standard InChI is InChI=1S/C13H9.C10H15.2CH3.2ClH.Zr/c1-3-7-12-10(5-1)9-11-6-2-4-8-13(11)12;1-8-5-6-9(7-8)10(2,3)4;;;;;/h1-9H;6-8H,1-4H3;2*1H3;2*1H;/q;;;;;;+2/p-2. The van der Waals surface area contributed by atoms with Crippen LogP contribution in [0.2, 0.25) is 9.26 Å². The molecular weight excluding hydrogens is 462 g/mol. The van der Waals surface area contributed by atoms with Crippen molar-refractivity contribution in [2.24, 2.45) is 11.3 Å². The van der Waals surface area contributed by atoms with Crippen molar-refractivity contribution in [2.75, 3.05) is 0 Å². The first-order valence-corrected chi connectivity index (χ1v) is 17.4. The number of rotatable bonds is 2. The van der Waals surface area contributed by atoms with Crippen LogP contribution < -0.4 is 24.8 Å². The molecule has 3 heteroatoms. The van der Waals surface area contributed by atoms with E-state index in [-0.39, 0.29) is 30.2 Å². The van der Waals surface area contributed by atoms with Crippen molar-refractivity contribution < 1.29 is 45.1 Å². The Bertz CT molecular complexity index is 886. The Morgan fingerprint density at radius 3 is 1.68 bits per heavy atom. The Kier molecular flexibility index (Phi) is 6.97. The number of fused-ring (bicyclic) bond motifs is 3. The number of benzene rings is 2. The fraction of sp³-hybridized carbons (Fsp3) is 0.360. The molecule has 0 aromatic heterocycles. The zero-order valence-corrected chi connectivity index (χ0v) is 21.7. The van der Waals surface area contributed by atoms with Crippen molar-refractivity contribution in [3.05, 3.63) is 80.7 Å². The van der Waals surface area contributed by atoms with E-state index in [1.54, 1.807) is 14.4 Å². The quantitative estimate of drug-likeness (QED) is 0.597. The molecule has 1 atom stereocenters. The van der Waals surface area contributed by atoms with Gasteiger partial charge in [-0.3, -0.25) is 0 Å². The molecule has 0 N–H and O–H groups in total. The van der Waals surface area contributed by atoms with Crippen molar-refractivity contribution in [1.29, 1.82) is 0 Å². The van der Waals surface area contributed by atoms with Crippen LogP contribution in [-0.4, -0.2) is 0 Å². The molecule has 2 aromatic carbocycles. The van der Waals surface area contributed by atoms with Gasteiger partial charge in [0.1, 0.15) is 0 Å². The number of allylic oxidation sites excluding steroid dienone is 4. The molecule has 0 radical (unpaired) electrons. The molecule has 0 spiro atoms. The van der Waals surface area contributed by atoms with E-state index in [4.69, 9.17) is 0 Å². The maximum absolute atomic E-state index is 2.65. The second-order valence-electron chi connectivity index (χ2n) is 9.59. The molecule has 0 heterocycles. The van der Waals surface area contributed by atoms with Crippen LogP contribution in [-0.2, 0) is 20.3 Å². The molecular formula is C25H30Cl2Zr. The second kappa shape index (κ2) is 8.25. The molecule has 0 bridgehead atoms. The van der Waals surface area contributed by atoms with Gasteiger partial charge in [-0.05, 0) is 0 Å². The van der Waals surface area contributed by atoms with Gasteiger partial charge in [-0.15, -0.1) is 0 Å². The maximum atomic E-state index is 2.65. The zero-order valence-electron chi connectivity index (χ0n) is 17.7. The van der Waals surface area contributed by atoms with Crippen molar-refractivity contribution in [3.63, 3.8) is 0 Å². The first-order valence-electron chi connectivity index (χ1n) is 9.84. The largest absolute Gasteiger partial charge is 1.00 e. The van der Waals surface area contributed by atoms with E-state index in [9.17, 15) is 0 Å². The monoisotopic (exact) mass is 490 g/mol. The summed E-state index contributed by atoms with van der Waals surface area (Å²) < 4.78 is 7.71. The molecule has 2 aliphatic carbocycles. The molecule has 2 aliphatic rings. The summed E-state index contributed by atoms with van der Waals surface area (Å²) in [5.41, 5.74) is 7.85. The maximum Gasteiger partial charge on any atom is -1.00 e. The van der Waals surface area contributed by atoms with Crippen molar-refractivity contribution in [2.45, 2.75) is 40.6 Å². The zero-order chi connectivity index (χ0) is 18.7. The normalized spacial score (nSPS) is 17.9.